The second-order valence-electron chi connectivity index (χ2n) is 5.63. The minimum Gasteiger partial charge on any atom is -0.447 e. The summed E-state index contributed by atoms with van der Waals surface area (Å²) in [6.07, 6.45) is 0. The van der Waals surface area contributed by atoms with E-state index in [4.69, 9.17) is 4.42 Å². The fourth-order valence-corrected chi connectivity index (χ4v) is 3.90. The molecule has 7 heteroatoms. The molecule has 0 aliphatic rings. The molecule has 5 nitrogen and oxygen atoms in total. The summed E-state index contributed by atoms with van der Waals surface area (Å²) < 4.78 is 30.6. The van der Waals surface area contributed by atoms with E-state index in [9.17, 15) is 8.42 Å². The van der Waals surface area contributed by atoms with Gasteiger partial charge in [-0.25, -0.2) is 12.7 Å². The first-order valence-corrected chi connectivity index (χ1v) is 9.42. The molecular weight excluding hydrogens is 320 g/mol. The molecule has 0 aliphatic heterocycles. The first-order valence-electron chi connectivity index (χ1n) is 7.10. The van der Waals surface area contributed by atoms with E-state index < -0.39 is 10.0 Å². The van der Waals surface area contributed by atoms with E-state index in [-0.39, 0.29) is 11.1 Å². The van der Waals surface area contributed by atoms with Crippen molar-refractivity contribution < 1.29 is 12.8 Å². The Labute approximate surface area is 136 Å². The van der Waals surface area contributed by atoms with Crippen LogP contribution in [0.15, 0.2) is 39.2 Å². The first kappa shape index (κ1) is 17.2. The Balaban J connectivity index is 2.07. The van der Waals surface area contributed by atoms with Gasteiger partial charge in [-0.05, 0) is 29.5 Å². The summed E-state index contributed by atoms with van der Waals surface area (Å²) >= 11 is 1.71. The molecule has 2 aromatic rings. The number of thiophene rings is 1. The Morgan fingerprint density at radius 1 is 1.27 bits per heavy atom. The first-order chi connectivity index (χ1) is 10.3. The van der Waals surface area contributed by atoms with Crippen LogP contribution in [0.2, 0.25) is 0 Å². The fourth-order valence-electron chi connectivity index (χ4n) is 2.12. The topological polar surface area (TPSA) is 62.6 Å². The van der Waals surface area contributed by atoms with Crippen molar-refractivity contribution in [2.75, 3.05) is 14.1 Å². The molecule has 2 rings (SSSR count). The third-order valence-electron chi connectivity index (χ3n) is 3.38. The second-order valence-corrected chi connectivity index (χ2v) is 8.69. The highest BCUT2D eigenvalue weighted by atomic mass is 32.2. The third-order valence-corrected chi connectivity index (χ3v) is 6.03. The zero-order valence-electron chi connectivity index (χ0n) is 13.2. The van der Waals surface area contributed by atoms with Crippen molar-refractivity contribution in [3.8, 4) is 0 Å². The molecule has 122 valence electrons. The van der Waals surface area contributed by atoms with Crippen molar-refractivity contribution in [3.05, 3.63) is 40.3 Å². The number of nitrogens with zero attached hydrogens (tertiary/aromatic N) is 1. The van der Waals surface area contributed by atoms with E-state index in [0.717, 1.165) is 4.31 Å². The van der Waals surface area contributed by atoms with E-state index in [1.54, 1.807) is 17.4 Å². The average Bonchev–Trinajstić information content (AvgIpc) is 3.09. The van der Waals surface area contributed by atoms with E-state index in [2.05, 4.69) is 30.6 Å². The van der Waals surface area contributed by atoms with Gasteiger partial charge in [-0.15, -0.1) is 11.3 Å². The predicted molar refractivity (Wildman–Crippen MR) is 88.3 cm³/mol. The maximum absolute atomic E-state index is 12.0. The second kappa shape index (κ2) is 6.95. The Morgan fingerprint density at radius 2 is 2.00 bits per heavy atom. The predicted octanol–water partition coefficient (Wildman–Crippen LogP) is 3.08. The minimum atomic E-state index is -3.51. The van der Waals surface area contributed by atoms with Crippen LogP contribution in [-0.2, 0) is 16.6 Å². The van der Waals surface area contributed by atoms with Gasteiger partial charge < -0.3 is 9.73 Å². The van der Waals surface area contributed by atoms with Gasteiger partial charge >= 0.3 is 0 Å². The van der Waals surface area contributed by atoms with Crippen LogP contribution in [0, 0.1) is 5.92 Å². The molecule has 0 saturated heterocycles. The maximum Gasteiger partial charge on any atom is 0.275 e. The summed E-state index contributed by atoms with van der Waals surface area (Å²) in [6.45, 7) is 4.80. The quantitative estimate of drug-likeness (QED) is 0.840. The molecular formula is C15H22N2O3S2. The number of furan rings is 1. The third kappa shape index (κ3) is 3.78. The van der Waals surface area contributed by atoms with Crippen LogP contribution in [0.3, 0.4) is 0 Å². The van der Waals surface area contributed by atoms with E-state index in [0.29, 0.717) is 18.2 Å². The van der Waals surface area contributed by atoms with Gasteiger partial charge in [0.05, 0.1) is 6.54 Å². The molecule has 0 radical (unpaired) electrons. The lowest BCUT2D eigenvalue weighted by atomic mass is 10.0. The highest BCUT2D eigenvalue weighted by Crippen LogP contribution is 2.26. The van der Waals surface area contributed by atoms with Gasteiger partial charge in [0.1, 0.15) is 5.76 Å². The van der Waals surface area contributed by atoms with E-state index >= 15 is 0 Å². The zero-order chi connectivity index (χ0) is 16.3. The number of sulfonamides is 1. The zero-order valence-corrected chi connectivity index (χ0v) is 14.9. The van der Waals surface area contributed by atoms with Gasteiger partial charge in [0.2, 0.25) is 5.09 Å². The number of rotatable bonds is 7. The molecule has 1 N–H and O–H groups in total. The van der Waals surface area contributed by atoms with Crippen LogP contribution in [-0.4, -0.2) is 26.8 Å². The molecule has 0 saturated carbocycles. The molecule has 0 aliphatic carbocycles. The van der Waals surface area contributed by atoms with Crippen LogP contribution in [0.4, 0.5) is 0 Å². The monoisotopic (exact) mass is 342 g/mol. The molecule has 0 unspecified atom stereocenters. The molecule has 2 heterocycles. The molecule has 22 heavy (non-hydrogen) atoms. The van der Waals surface area contributed by atoms with Gasteiger partial charge in [-0.3, -0.25) is 0 Å². The van der Waals surface area contributed by atoms with Crippen LogP contribution in [0.5, 0.6) is 0 Å². The van der Waals surface area contributed by atoms with Crippen molar-refractivity contribution in [2.45, 2.75) is 31.5 Å². The van der Waals surface area contributed by atoms with Gasteiger partial charge in [-0.1, -0.05) is 19.9 Å². The molecule has 0 fully saturated rings. The lowest BCUT2D eigenvalue weighted by molar-refractivity contribution is 0.357. The fraction of sp³-hybridized carbons (Fsp3) is 0.467. The summed E-state index contributed by atoms with van der Waals surface area (Å²) in [4.78, 5) is 1.27. The number of nitrogens with one attached hydrogen (secondary N) is 1. The maximum atomic E-state index is 12.0. The standard InChI is InChI=1S/C15H22N2O3S2/c1-11(2)15(13-6-5-9-21-13)16-10-12-7-8-14(20-12)22(18,19)17(3)4/h5-9,11,15-16H,10H2,1-4H3/t15-/m0/s1. The van der Waals surface area contributed by atoms with Gasteiger partial charge in [0, 0.05) is 25.0 Å². The lowest BCUT2D eigenvalue weighted by Crippen LogP contribution is -2.24. The van der Waals surface area contributed by atoms with Crippen molar-refractivity contribution in [1.82, 2.24) is 9.62 Å². The van der Waals surface area contributed by atoms with Gasteiger partial charge in [-0.2, -0.15) is 0 Å². The smallest absolute Gasteiger partial charge is 0.275 e. The molecule has 0 aromatic carbocycles. The van der Waals surface area contributed by atoms with E-state index in [1.807, 2.05) is 6.07 Å². The Bertz CT molecular complexity index is 688. The Hall–Kier alpha value is -1.15. The van der Waals surface area contributed by atoms with Crippen LogP contribution in [0.25, 0.3) is 0 Å². The molecule has 2 aromatic heterocycles. The number of hydrogen-bond acceptors (Lipinski definition) is 5. The van der Waals surface area contributed by atoms with Crippen molar-refractivity contribution in [2.24, 2.45) is 5.92 Å². The normalized spacial score (nSPS) is 13.9. The molecule has 0 amide bonds. The largest absolute Gasteiger partial charge is 0.447 e. The lowest BCUT2D eigenvalue weighted by Gasteiger charge is -2.20. The summed E-state index contributed by atoms with van der Waals surface area (Å²) in [5.41, 5.74) is 0. The van der Waals surface area contributed by atoms with Crippen molar-refractivity contribution in [3.63, 3.8) is 0 Å². The van der Waals surface area contributed by atoms with Crippen LogP contribution in [0.1, 0.15) is 30.5 Å². The van der Waals surface area contributed by atoms with E-state index in [1.165, 1.54) is 25.0 Å². The Morgan fingerprint density at radius 3 is 2.55 bits per heavy atom. The van der Waals surface area contributed by atoms with Crippen molar-refractivity contribution >= 4 is 21.4 Å². The summed E-state index contributed by atoms with van der Waals surface area (Å²) in [7, 11) is -0.538. The van der Waals surface area contributed by atoms with Crippen LogP contribution < -0.4 is 5.32 Å². The Kier molecular flexibility index (Phi) is 5.44. The van der Waals surface area contributed by atoms with Crippen molar-refractivity contribution in [1.29, 1.82) is 0 Å². The average molecular weight is 342 g/mol. The highest BCUT2D eigenvalue weighted by Gasteiger charge is 2.22. The van der Waals surface area contributed by atoms with Gasteiger partial charge in [0.15, 0.2) is 0 Å². The SMILES string of the molecule is CC(C)[C@H](NCc1ccc(S(=O)(=O)N(C)C)o1)c1cccs1. The molecule has 0 spiro atoms. The highest BCUT2D eigenvalue weighted by molar-refractivity contribution is 7.88. The number of hydrogen-bond donors (Lipinski definition) is 1. The summed E-state index contributed by atoms with van der Waals surface area (Å²) in [5, 5.41) is 5.47. The van der Waals surface area contributed by atoms with Crippen LogP contribution >= 0.6 is 11.3 Å². The minimum absolute atomic E-state index is 0.0217. The molecule has 1 atom stereocenters. The molecule has 0 bridgehead atoms. The van der Waals surface area contributed by atoms with Gasteiger partial charge in [0.25, 0.3) is 10.0 Å². The summed E-state index contributed by atoms with van der Waals surface area (Å²) in [6, 6.07) is 7.56. The summed E-state index contributed by atoms with van der Waals surface area (Å²) in [5.74, 6) is 1.04.